The van der Waals surface area contributed by atoms with Crippen molar-refractivity contribution in [3.63, 3.8) is 0 Å². The molecule has 0 saturated carbocycles. The number of halogens is 3. The van der Waals surface area contributed by atoms with Gasteiger partial charge in [-0.3, -0.25) is 4.79 Å². The second kappa shape index (κ2) is 9.21. The number of benzene rings is 2. The number of alkyl halides is 2. The third kappa shape index (κ3) is 4.76. The smallest absolute Gasteiger partial charge is 0.387 e. The zero-order valence-electron chi connectivity index (χ0n) is 16.5. The number of aromatic nitrogens is 3. The maximum Gasteiger partial charge on any atom is 0.387 e. The van der Waals surface area contributed by atoms with Crippen molar-refractivity contribution in [2.45, 2.75) is 20.1 Å². The fraction of sp³-hybridized carbons (Fsp3) is 0.250. The molecule has 0 aliphatic heterocycles. The van der Waals surface area contributed by atoms with E-state index >= 15 is 0 Å². The van der Waals surface area contributed by atoms with Crippen LogP contribution in [-0.2, 0) is 6.54 Å². The molecule has 3 aromatic rings. The van der Waals surface area contributed by atoms with Crippen LogP contribution in [0.2, 0.25) is 0 Å². The van der Waals surface area contributed by atoms with Crippen LogP contribution in [-0.4, -0.2) is 46.6 Å². The highest BCUT2D eigenvalue weighted by Gasteiger charge is 2.21. The van der Waals surface area contributed by atoms with Gasteiger partial charge < -0.3 is 14.4 Å². The van der Waals surface area contributed by atoms with Gasteiger partial charge in [-0.1, -0.05) is 33.3 Å². The number of methoxy groups -OCH3 is 1. The van der Waals surface area contributed by atoms with Crippen molar-refractivity contribution in [3.8, 4) is 17.2 Å². The maximum absolute atomic E-state index is 12.9. The predicted molar refractivity (Wildman–Crippen MR) is 109 cm³/mol. The standard InChI is InChI=1S/C20H19BrF2N4O3/c1-12-18(24-25-27(12)15-6-4-5-14(21)10-15)19(28)26(2)11-13-7-8-16(30-20(22)23)17(9-13)29-3/h4-10,20H,11H2,1-3H3. The molecular weight excluding hydrogens is 462 g/mol. The highest BCUT2D eigenvalue weighted by atomic mass is 79.9. The lowest BCUT2D eigenvalue weighted by Gasteiger charge is -2.18. The summed E-state index contributed by atoms with van der Waals surface area (Å²) in [6, 6.07) is 12.0. The molecule has 1 aromatic heterocycles. The Hall–Kier alpha value is -3.01. The fourth-order valence-corrected chi connectivity index (χ4v) is 3.30. The Balaban J connectivity index is 1.78. The van der Waals surface area contributed by atoms with Gasteiger partial charge in [-0.15, -0.1) is 5.10 Å². The van der Waals surface area contributed by atoms with Crippen LogP contribution in [0.4, 0.5) is 8.78 Å². The number of hydrogen-bond donors (Lipinski definition) is 0. The summed E-state index contributed by atoms with van der Waals surface area (Å²) in [5, 5.41) is 8.14. The number of carbonyl (C=O) groups excluding carboxylic acids is 1. The van der Waals surface area contributed by atoms with Crippen molar-refractivity contribution in [2.75, 3.05) is 14.2 Å². The van der Waals surface area contributed by atoms with E-state index in [-0.39, 0.29) is 29.6 Å². The van der Waals surface area contributed by atoms with Gasteiger partial charge in [0.05, 0.1) is 18.5 Å². The lowest BCUT2D eigenvalue weighted by atomic mass is 10.2. The molecule has 2 aromatic carbocycles. The molecule has 0 aliphatic carbocycles. The summed E-state index contributed by atoms with van der Waals surface area (Å²) >= 11 is 3.41. The number of nitrogens with zero attached hydrogens (tertiary/aromatic N) is 4. The molecule has 10 heteroatoms. The minimum absolute atomic E-state index is 0.0713. The first-order valence-corrected chi connectivity index (χ1v) is 9.65. The summed E-state index contributed by atoms with van der Waals surface area (Å²) in [5.74, 6) is -0.232. The van der Waals surface area contributed by atoms with E-state index in [0.717, 1.165) is 10.2 Å². The van der Waals surface area contributed by atoms with E-state index in [2.05, 4.69) is 31.0 Å². The van der Waals surface area contributed by atoms with E-state index in [0.29, 0.717) is 11.3 Å². The Bertz CT molecular complexity index is 1060. The van der Waals surface area contributed by atoms with Crippen LogP contribution in [0.25, 0.3) is 5.69 Å². The van der Waals surface area contributed by atoms with Crippen molar-refractivity contribution in [1.82, 2.24) is 19.9 Å². The van der Waals surface area contributed by atoms with Crippen molar-refractivity contribution >= 4 is 21.8 Å². The monoisotopic (exact) mass is 480 g/mol. The summed E-state index contributed by atoms with van der Waals surface area (Å²) in [6.07, 6.45) is 0. The van der Waals surface area contributed by atoms with Gasteiger partial charge in [0.15, 0.2) is 17.2 Å². The van der Waals surface area contributed by atoms with Crippen molar-refractivity contribution < 1.29 is 23.0 Å². The van der Waals surface area contributed by atoms with Gasteiger partial charge in [0.1, 0.15) is 0 Å². The molecule has 1 amide bonds. The maximum atomic E-state index is 12.9. The molecule has 3 rings (SSSR count). The van der Waals surface area contributed by atoms with Crippen LogP contribution in [0.15, 0.2) is 46.9 Å². The highest BCUT2D eigenvalue weighted by Crippen LogP contribution is 2.30. The second-order valence-electron chi connectivity index (χ2n) is 6.44. The molecule has 0 saturated heterocycles. The largest absolute Gasteiger partial charge is 0.493 e. The van der Waals surface area contributed by atoms with Crippen LogP contribution < -0.4 is 9.47 Å². The SMILES string of the molecule is COc1cc(CN(C)C(=O)c2nnn(-c3cccc(Br)c3)c2C)ccc1OC(F)F. The molecule has 0 bridgehead atoms. The number of ether oxygens (including phenoxy) is 2. The molecule has 0 fully saturated rings. The minimum Gasteiger partial charge on any atom is -0.493 e. The molecule has 1 heterocycles. The van der Waals surface area contributed by atoms with Gasteiger partial charge in [-0.2, -0.15) is 8.78 Å². The molecule has 158 valence electrons. The average molecular weight is 481 g/mol. The fourth-order valence-electron chi connectivity index (χ4n) is 2.91. The van der Waals surface area contributed by atoms with Gasteiger partial charge >= 0.3 is 6.61 Å². The third-order valence-electron chi connectivity index (χ3n) is 4.36. The number of hydrogen-bond acceptors (Lipinski definition) is 5. The van der Waals surface area contributed by atoms with Crippen molar-refractivity contribution in [2.24, 2.45) is 0 Å². The predicted octanol–water partition coefficient (Wildman–Crippen LogP) is 4.22. The quantitative estimate of drug-likeness (QED) is 0.506. The normalized spacial score (nSPS) is 10.9. The number of carbonyl (C=O) groups is 1. The first-order valence-electron chi connectivity index (χ1n) is 8.85. The van der Waals surface area contributed by atoms with Gasteiger partial charge in [-0.25, -0.2) is 4.68 Å². The summed E-state index contributed by atoms with van der Waals surface area (Å²) in [7, 11) is 2.98. The summed E-state index contributed by atoms with van der Waals surface area (Å²) < 4.78 is 36.9. The van der Waals surface area contributed by atoms with Crippen molar-refractivity contribution in [1.29, 1.82) is 0 Å². The molecule has 0 aliphatic rings. The molecule has 0 radical (unpaired) electrons. The van der Waals surface area contributed by atoms with Crippen LogP contribution in [0.3, 0.4) is 0 Å². The Morgan fingerprint density at radius 2 is 2.00 bits per heavy atom. The Labute approximate surface area is 180 Å². The van der Waals surface area contributed by atoms with Crippen LogP contribution in [0.1, 0.15) is 21.7 Å². The Kier molecular flexibility index (Phi) is 6.66. The number of amides is 1. The van der Waals surface area contributed by atoms with Gasteiger partial charge in [0.2, 0.25) is 0 Å². The zero-order valence-corrected chi connectivity index (χ0v) is 18.1. The molecule has 7 nitrogen and oxygen atoms in total. The minimum atomic E-state index is -2.95. The van der Waals surface area contributed by atoms with E-state index in [4.69, 9.17) is 4.74 Å². The van der Waals surface area contributed by atoms with Gasteiger partial charge in [0.25, 0.3) is 5.91 Å². The number of rotatable bonds is 7. The average Bonchev–Trinajstić information content (AvgIpc) is 3.09. The summed E-state index contributed by atoms with van der Waals surface area (Å²) in [5.41, 5.74) is 2.28. The topological polar surface area (TPSA) is 69.5 Å². The van der Waals surface area contributed by atoms with E-state index in [1.54, 1.807) is 30.8 Å². The lowest BCUT2D eigenvalue weighted by molar-refractivity contribution is -0.0512. The molecule has 0 atom stereocenters. The molecule has 30 heavy (non-hydrogen) atoms. The Morgan fingerprint density at radius 1 is 1.23 bits per heavy atom. The second-order valence-corrected chi connectivity index (χ2v) is 7.36. The first kappa shape index (κ1) is 21.7. The zero-order chi connectivity index (χ0) is 21.8. The lowest BCUT2D eigenvalue weighted by Crippen LogP contribution is -2.27. The first-order chi connectivity index (χ1) is 14.3. The van der Waals surface area contributed by atoms with Crippen LogP contribution in [0, 0.1) is 6.92 Å². The van der Waals surface area contributed by atoms with E-state index in [9.17, 15) is 13.6 Å². The molecule has 0 N–H and O–H groups in total. The summed E-state index contributed by atoms with van der Waals surface area (Å²) in [6.45, 7) is -0.973. The third-order valence-corrected chi connectivity index (χ3v) is 4.85. The van der Waals surface area contributed by atoms with Crippen LogP contribution >= 0.6 is 15.9 Å². The Morgan fingerprint density at radius 3 is 2.67 bits per heavy atom. The van der Waals surface area contributed by atoms with Crippen molar-refractivity contribution in [3.05, 3.63) is 63.9 Å². The van der Waals surface area contributed by atoms with E-state index in [1.165, 1.54) is 18.1 Å². The molecule has 0 spiro atoms. The van der Waals surface area contributed by atoms with Crippen LogP contribution in [0.5, 0.6) is 11.5 Å². The molecular formula is C20H19BrF2N4O3. The van der Waals surface area contributed by atoms with E-state index < -0.39 is 6.61 Å². The van der Waals surface area contributed by atoms with Gasteiger partial charge in [-0.05, 0) is 42.8 Å². The van der Waals surface area contributed by atoms with Gasteiger partial charge in [0, 0.05) is 18.1 Å². The highest BCUT2D eigenvalue weighted by molar-refractivity contribution is 9.10. The molecule has 0 unspecified atom stereocenters. The summed E-state index contributed by atoms with van der Waals surface area (Å²) in [4.78, 5) is 14.4. The van der Waals surface area contributed by atoms with E-state index in [1.807, 2.05) is 24.3 Å².